The van der Waals surface area contributed by atoms with Gasteiger partial charge >= 0.3 is 6.18 Å². The Morgan fingerprint density at radius 2 is 1.76 bits per heavy atom. The van der Waals surface area contributed by atoms with Gasteiger partial charge in [-0.2, -0.15) is 18.2 Å². The van der Waals surface area contributed by atoms with Crippen molar-refractivity contribution in [2.45, 2.75) is 32.4 Å². The molecule has 152 valence electrons. The molecular formula is C20H17F4N3O2. The minimum absolute atomic E-state index is 0.0495. The molecule has 0 saturated carbocycles. The van der Waals surface area contributed by atoms with Crippen LogP contribution in [0.15, 0.2) is 47.0 Å². The summed E-state index contributed by atoms with van der Waals surface area (Å²) in [7, 11) is 0. The molecule has 0 aliphatic heterocycles. The lowest BCUT2D eigenvalue weighted by Crippen LogP contribution is -2.16. The summed E-state index contributed by atoms with van der Waals surface area (Å²) in [5.41, 5.74) is -1.72. The quantitative estimate of drug-likeness (QED) is 0.587. The Hall–Kier alpha value is -3.23. The molecule has 0 aliphatic carbocycles. The first-order valence-corrected chi connectivity index (χ1v) is 8.58. The summed E-state index contributed by atoms with van der Waals surface area (Å²) in [4.78, 5) is 17.0. The summed E-state index contributed by atoms with van der Waals surface area (Å²) in [6, 6.07) is 7.97. The third-order valence-corrected chi connectivity index (χ3v) is 4.04. The minimum atomic E-state index is -4.67. The number of aromatic nitrogens is 2. The van der Waals surface area contributed by atoms with Crippen LogP contribution >= 0.6 is 0 Å². The van der Waals surface area contributed by atoms with Crippen LogP contribution in [-0.4, -0.2) is 16.0 Å². The van der Waals surface area contributed by atoms with E-state index in [0.29, 0.717) is 24.0 Å². The van der Waals surface area contributed by atoms with Crippen molar-refractivity contribution in [1.29, 1.82) is 0 Å². The van der Waals surface area contributed by atoms with Crippen LogP contribution in [0.1, 0.15) is 42.5 Å². The van der Waals surface area contributed by atoms with Crippen molar-refractivity contribution in [3.63, 3.8) is 0 Å². The first-order valence-electron chi connectivity index (χ1n) is 8.58. The number of carbonyl (C=O) groups excluding carboxylic acids is 1. The van der Waals surface area contributed by atoms with E-state index in [1.807, 2.05) is 20.8 Å². The van der Waals surface area contributed by atoms with Gasteiger partial charge < -0.3 is 9.84 Å². The summed E-state index contributed by atoms with van der Waals surface area (Å²) in [5, 5.41) is 6.08. The van der Waals surface area contributed by atoms with E-state index < -0.39 is 29.2 Å². The van der Waals surface area contributed by atoms with Gasteiger partial charge in [0.15, 0.2) is 5.82 Å². The van der Waals surface area contributed by atoms with Crippen molar-refractivity contribution in [2.75, 3.05) is 5.32 Å². The Morgan fingerprint density at radius 3 is 2.38 bits per heavy atom. The standard InChI is InChI=1S/C20H17F4N3O2/c1-19(2,3)18-26-17(29-27-18)13-7-5-4-6-12(13)16(28)25-15-10-11(20(22,23)24)8-9-14(15)21/h4-10H,1-3H3,(H,25,28). The number of alkyl halides is 3. The molecule has 3 rings (SSSR count). The number of anilines is 1. The van der Waals surface area contributed by atoms with Crippen LogP contribution in [0, 0.1) is 5.82 Å². The van der Waals surface area contributed by atoms with Crippen LogP contribution in [-0.2, 0) is 11.6 Å². The molecule has 0 saturated heterocycles. The second-order valence-corrected chi connectivity index (χ2v) is 7.37. The molecule has 0 radical (unpaired) electrons. The lowest BCUT2D eigenvalue weighted by Gasteiger charge is -2.12. The summed E-state index contributed by atoms with van der Waals surface area (Å²) < 4.78 is 57.9. The van der Waals surface area contributed by atoms with Gasteiger partial charge in [-0.05, 0) is 30.3 Å². The van der Waals surface area contributed by atoms with Crippen molar-refractivity contribution in [3.05, 3.63) is 65.2 Å². The Bertz CT molecular complexity index is 1050. The maximum atomic E-state index is 14.0. The summed E-state index contributed by atoms with van der Waals surface area (Å²) in [5.74, 6) is -1.30. The van der Waals surface area contributed by atoms with Gasteiger partial charge in [0.1, 0.15) is 5.82 Å². The normalized spacial score (nSPS) is 12.1. The fourth-order valence-electron chi connectivity index (χ4n) is 2.49. The largest absolute Gasteiger partial charge is 0.416 e. The number of halogens is 4. The molecule has 0 fully saturated rings. The molecule has 1 aromatic heterocycles. The molecule has 29 heavy (non-hydrogen) atoms. The second-order valence-electron chi connectivity index (χ2n) is 7.37. The van der Waals surface area contributed by atoms with E-state index in [1.165, 1.54) is 6.07 Å². The van der Waals surface area contributed by atoms with Crippen LogP contribution in [0.3, 0.4) is 0 Å². The predicted molar refractivity (Wildman–Crippen MR) is 97.8 cm³/mol. The highest BCUT2D eigenvalue weighted by molar-refractivity contribution is 6.08. The van der Waals surface area contributed by atoms with Gasteiger partial charge in [0.2, 0.25) is 0 Å². The Kier molecular flexibility index (Phi) is 5.16. The molecule has 0 aliphatic rings. The van der Waals surface area contributed by atoms with Gasteiger partial charge in [0.05, 0.1) is 22.4 Å². The molecule has 0 unspecified atom stereocenters. The van der Waals surface area contributed by atoms with E-state index in [0.717, 1.165) is 0 Å². The molecule has 5 nitrogen and oxygen atoms in total. The first-order chi connectivity index (χ1) is 13.5. The van der Waals surface area contributed by atoms with Crippen LogP contribution in [0.2, 0.25) is 0 Å². The molecule has 3 aromatic rings. The first kappa shape index (κ1) is 20.5. The van der Waals surface area contributed by atoms with Gasteiger partial charge in [-0.1, -0.05) is 38.1 Å². The average Bonchev–Trinajstić information content (AvgIpc) is 3.13. The zero-order valence-electron chi connectivity index (χ0n) is 15.8. The van der Waals surface area contributed by atoms with Crippen LogP contribution < -0.4 is 5.32 Å². The minimum Gasteiger partial charge on any atom is -0.334 e. The molecule has 0 bridgehead atoms. The fourth-order valence-corrected chi connectivity index (χ4v) is 2.49. The van der Waals surface area contributed by atoms with Gasteiger partial charge in [-0.3, -0.25) is 4.79 Å². The highest BCUT2D eigenvalue weighted by Gasteiger charge is 2.31. The molecule has 0 spiro atoms. The number of hydrogen-bond acceptors (Lipinski definition) is 4. The smallest absolute Gasteiger partial charge is 0.334 e. The van der Waals surface area contributed by atoms with Crippen molar-refractivity contribution in [3.8, 4) is 11.5 Å². The highest BCUT2D eigenvalue weighted by atomic mass is 19.4. The summed E-state index contributed by atoms with van der Waals surface area (Å²) in [6.45, 7) is 5.66. The molecule has 2 aromatic carbocycles. The number of rotatable bonds is 3. The monoisotopic (exact) mass is 407 g/mol. The van der Waals surface area contributed by atoms with Gasteiger partial charge in [0, 0.05) is 5.41 Å². The molecule has 1 heterocycles. The summed E-state index contributed by atoms with van der Waals surface area (Å²) >= 11 is 0. The van der Waals surface area contributed by atoms with E-state index in [9.17, 15) is 22.4 Å². The van der Waals surface area contributed by atoms with E-state index in [4.69, 9.17) is 4.52 Å². The van der Waals surface area contributed by atoms with Crippen molar-refractivity contribution < 1.29 is 26.9 Å². The number of hydrogen-bond donors (Lipinski definition) is 1. The molecular weight excluding hydrogens is 390 g/mol. The molecule has 9 heteroatoms. The van der Waals surface area contributed by atoms with Crippen molar-refractivity contribution >= 4 is 11.6 Å². The third-order valence-electron chi connectivity index (χ3n) is 4.04. The molecule has 1 N–H and O–H groups in total. The Morgan fingerprint density at radius 1 is 1.07 bits per heavy atom. The maximum absolute atomic E-state index is 14.0. The third kappa shape index (κ3) is 4.44. The zero-order valence-corrected chi connectivity index (χ0v) is 15.8. The SMILES string of the molecule is CC(C)(C)c1noc(-c2ccccc2C(=O)Nc2cc(C(F)(F)F)ccc2F)n1. The second kappa shape index (κ2) is 7.31. The van der Waals surface area contributed by atoms with E-state index in [-0.39, 0.29) is 22.4 Å². The zero-order chi connectivity index (χ0) is 21.4. The lowest BCUT2D eigenvalue weighted by molar-refractivity contribution is -0.137. The average molecular weight is 407 g/mol. The highest BCUT2D eigenvalue weighted by Crippen LogP contribution is 2.32. The Balaban J connectivity index is 1.95. The van der Waals surface area contributed by atoms with Gasteiger partial charge in [-0.25, -0.2) is 4.39 Å². The van der Waals surface area contributed by atoms with Crippen molar-refractivity contribution in [1.82, 2.24) is 10.1 Å². The lowest BCUT2D eigenvalue weighted by atomic mass is 9.96. The van der Waals surface area contributed by atoms with E-state index >= 15 is 0 Å². The molecule has 1 amide bonds. The number of carbonyl (C=O) groups is 1. The Labute approximate surface area is 163 Å². The topological polar surface area (TPSA) is 68.0 Å². The number of nitrogens with zero attached hydrogens (tertiary/aromatic N) is 2. The van der Waals surface area contributed by atoms with Gasteiger partial charge in [-0.15, -0.1) is 0 Å². The number of nitrogens with one attached hydrogen (secondary N) is 1. The van der Waals surface area contributed by atoms with Gasteiger partial charge in [0.25, 0.3) is 11.8 Å². The van der Waals surface area contributed by atoms with E-state index in [2.05, 4.69) is 15.5 Å². The number of benzene rings is 2. The van der Waals surface area contributed by atoms with Crippen LogP contribution in [0.4, 0.5) is 23.2 Å². The maximum Gasteiger partial charge on any atom is 0.416 e. The summed E-state index contributed by atoms with van der Waals surface area (Å²) in [6.07, 6.45) is -4.67. The predicted octanol–water partition coefficient (Wildman–Crippen LogP) is 5.44. The van der Waals surface area contributed by atoms with Crippen molar-refractivity contribution in [2.24, 2.45) is 0 Å². The molecule has 0 atom stereocenters. The van der Waals surface area contributed by atoms with Crippen LogP contribution in [0.25, 0.3) is 11.5 Å². The fraction of sp³-hybridized carbons (Fsp3) is 0.250. The number of amides is 1. The van der Waals surface area contributed by atoms with Crippen LogP contribution in [0.5, 0.6) is 0 Å². The van der Waals surface area contributed by atoms with E-state index in [1.54, 1.807) is 18.2 Å².